The summed E-state index contributed by atoms with van der Waals surface area (Å²) in [5.74, 6) is -4.09. The number of carbonyl (C=O) groups is 2. The van der Waals surface area contributed by atoms with Crippen molar-refractivity contribution in [2.45, 2.75) is 12.8 Å². The zero-order valence-electron chi connectivity index (χ0n) is 10.4. The second kappa shape index (κ2) is 6.02. The van der Waals surface area contributed by atoms with E-state index in [9.17, 15) is 18.4 Å². The molecule has 1 fully saturated rings. The molecule has 1 heterocycles. The quantitative estimate of drug-likeness (QED) is 0.619. The lowest BCUT2D eigenvalue weighted by atomic mass is 9.97. The maximum absolute atomic E-state index is 13.2. The van der Waals surface area contributed by atoms with Gasteiger partial charge in [-0.25, -0.2) is 8.78 Å². The lowest BCUT2D eigenvalue weighted by molar-refractivity contribution is -0.143. The van der Waals surface area contributed by atoms with Crippen molar-refractivity contribution < 1.29 is 23.5 Å². The van der Waals surface area contributed by atoms with Crippen LogP contribution in [0.1, 0.15) is 23.2 Å². The molecule has 1 unspecified atom stereocenters. The molecule has 1 aliphatic heterocycles. The zero-order chi connectivity index (χ0) is 14.9. The number of amides is 1. The molecule has 1 aromatic carbocycles. The van der Waals surface area contributed by atoms with Gasteiger partial charge in [-0.05, 0) is 47.6 Å². The summed E-state index contributed by atoms with van der Waals surface area (Å²) in [6.45, 7) is 0.529. The Labute approximate surface area is 127 Å². The molecule has 0 radical (unpaired) electrons. The fourth-order valence-corrected chi connectivity index (χ4v) is 2.88. The van der Waals surface area contributed by atoms with Crippen LogP contribution in [0.4, 0.5) is 8.78 Å². The maximum atomic E-state index is 13.2. The van der Waals surface area contributed by atoms with Gasteiger partial charge in [0, 0.05) is 16.7 Å². The largest absolute Gasteiger partial charge is 0.481 e. The molecule has 1 aliphatic rings. The van der Waals surface area contributed by atoms with Crippen molar-refractivity contribution in [2.75, 3.05) is 13.1 Å². The lowest BCUT2D eigenvalue weighted by Crippen LogP contribution is -2.42. The highest BCUT2D eigenvalue weighted by molar-refractivity contribution is 14.1. The highest BCUT2D eigenvalue weighted by atomic mass is 127. The Morgan fingerprint density at radius 3 is 2.60 bits per heavy atom. The van der Waals surface area contributed by atoms with Crippen LogP contribution in [0, 0.1) is 21.1 Å². The average molecular weight is 395 g/mol. The molecule has 0 spiro atoms. The summed E-state index contributed by atoms with van der Waals surface area (Å²) in [5.41, 5.74) is 0.0653. The monoisotopic (exact) mass is 395 g/mol. The molecule has 2 rings (SSSR count). The van der Waals surface area contributed by atoms with E-state index in [-0.39, 0.29) is 12.1 Å². The number of carbonyl (C=O) groups excluding carboxylic acids is 1. The van der Waals surface area contributed by atoms with E-state index in [4.69, 9.17) is 5.11 Å². The molecule has 0 bridgehead atoms. The van der Waals surface area contributed by atoms with Crippen LogP contribution >= 0.6 is 22.6 Å². The first-order chi connectivity index (χ1) is 9.40. The molecule has 1 aromatic rings. The van der Waals surface area contributed by atoms with E-state index in [0.717, 1.165) is 12.1 Å². The Bertz CT molecular complexity index is 565. The van der Waals surface area contributed by atoms with Gasteiger partial charge in [0.05, 0.1) is 11.5 Å². The second-order valence-electron chi connectivity index (χ2n) is 4.67. The predicted octanol–water partition coefficient (Wildman–Crippen LogP) is 2.51. The summed E-state index contributed by atoms with van der Waals surface area (Å²) in [4.78, 5) is 24.7. The van der Waals surface area contributed by atoms with E-state index in [1.54, 1.807) is 22.6 Å². The average Bonchev–Trinajstić information content (AvgIpc) is 2.42. The summed E-state index contributed by atoms with van der Waals surface area (Å²) >= 11 is 1.76. The number of halogens is 3. The molecule has 1 amide bonds. The number of hydrogen-bond acceptors (Lipinski definition) is 2. The first-order valence-electron chi connectivity index (χ1n) is 6.06. The number of benzene rings is 1. The number of hydrogen-bond donors (Lipinski definition) is 1. The minimum atomic E-state index is -1.08. The van der Waals surface area contributed by atoms with Crippen LogP contribution in [-0.4, -0.2) is 35.0 Å². The summed E-state index contributed by atoms with van der Waals surface area (Å²) in [6, 6.07) is 1.82. The van der Waals surface area contributed by atoms with E-state index in [0.29, 0.717) is 23.0 Å². The van der Waals surface area contributed by atoms with E-state index in [1.807, 2.05) is 0 Å². The molecule has 1 saturated heterocycles. The van der Waals surface area contributed by atoms with Gasteiger partial charge < -0.3 is 10.0 Å². The number of nitrogens with zero attached hydrogens (tertiary/aromatic N) is 1. The van der Waals surface area contributed by atoms with Crippen molar-refractivity contribution in [1.82, 2.24) is 4.90 Å². The first-order valence-corrected chi connectivity index (χ1v) is 7.14. The number of piperidine rings is 1. The molecule has 0 saturated carbocycles. The van der Waals surface area contributed by atoms with Gasteiger partial charge in [-0.3, -0.25) is 9.59 Å². The van der Waals surface area contributed by atoms with E-state index in [2.05, 4.69) is 0 Å². The molecule has 108 valence electrons. The number of carboxylic acids is 1. The maximum Gasteiger partial charge on any atom is 0.308 e. The molecule has 0 aromatic heterocycles. The van der Waals surface area contributed by atoms with Gasteiger partial charge >= 0.3 is 5.97 Å². The normalized spacial score (nSPS) is 18.9. The van der Waals surface area contributed by atoms with Crippen LogP contribution in [-0.2, 0) is 4.79 Å². The third kappa shape index (κ3) is 3.08. The van der Waals surface area contributed by atoms with Crippen molar-refractivity contribution in [3.63, 3.8) is 0 Å². The number of rotatable bonds is 2. The van der Waals surface area contributed by atoms with Crippen LogP contribution in [0.15, 0.2) is 12.1 Å². The lowest BCUT2D eigenvalue weighted by Gasteiger charge is -2.31. The number of aliphatic carboxylic acids is 1. The van der Waals surface area contributed by atoms with Gasteiger partial charge in [0.15, 0.2) is 11.6 Å². The summed E-state index contributed by atoms with van der Waals surface area (Å²) in [7, 11) is 0. The van der Waals surface area contributed by atoms with E-state index < -0.39 is 29.4 Å². The van der Waals surface area contributed by atoms with Gasteiger partial charge in [-0.2, -0.15) is 0 Å². The third-order valence-corrected chi connectivity index (χ3v) is 4.19. The molecule has 7 heteroatoms. The minimum Gasteiger partial charge on any atom is -0.481 e. The smallest absolute Gasteiger partial charge is 0.308 e. The van der Waals surface area contributed by atoms with Crippen molar-refractivity contribution in [2.24, 2.45) is 5.92 Å². The second-order valence-corrected chi connectivity index (χ2v) is 5.84. The highest BCUT2D eigenvalue weighted by Crippen LogP contribution is 2.22. The van der Waals surface area contributed by atoms with Crippen molar-refractivity contribution in [3.05, 3.63) is 32.9 Å². The number of likely N-dealkylation sites (tertiary alicyclic amines) is 1. The third-order valence-electron chi connectivity index (χ3n) is 3.30. The van der Waals surface area contributed by atoms with E-state index >= 15 is 0 Å². The Balaban J connectivity index is 2.23. The molecule has 0 aliphatic carbocycles. The highest BCUT2D eigenvalue weighted by Gasteiger charge is 2.29. The van der Waals surface area contributed by atoms with Gasteiger partial charge in [0.25, 0.3) is 5.91 Å². The van der Waals surface area contributed by atoms with Gasteiger partial charge in [0.2, 0.25) is 0 Å². The Kier molecular flexibility index (Phi) is 4.56. The fourth-order valence-electron chi connectivity index (χ4n) is 2.22. The molecular weight excluding hydrogens is 383 g/mol. The Hall–Kier alpha value is -1.25. The van der Waals surface area contributed by atoms with Crippen LogP contribution in [0.5, 0.6) is 0 Å². The minimum absolute atomic E-state index is 0.0653. The molecule has 1 N–H and O–H groups in total. The topological polar surface area (TPSA) is 57.6 Å². The standard InChI is InChI=1S/C13H12F2INO3/c14-9-4-8(11(16)5-10(9)15)12(18)17-3-1-2-7(6-17)13(19)20/h4-5,7H,1-3,6H2,(H,19,20). The summed E-state index contributed by atoms with van der Waals surface area (Å²) in [5, 5.41) is 8.99. The molecular formula is C13H12F2INO3. The predicted molar refractivity (Wildman–Crippen MR) is 75.3 cm³/mol. The zero-order valence-corrected chi connectivity index (χ0v) is 12.6. The summed E-state index contributed by atoms with van der Waals surface area (Å²) < 4.78 is 26.6. The van der Waals surface area contributed by atoms with Gasteiger partial charge in [-0.15, -0.1) is 0 Å². The van der Waals surface area contributed by atoms with Gasteiger partial charge in [-0.1, -0.05) is 0 Å². The fraction of sp³-hybridized carbons (Fsp3) is 0.385. The Morgan fingerprint density at radius 1 is 1.30 bits per heavy atom. The first kappa shape index (κ1) is 15.1. The molecule has 1 atom stereocenters. The molecule has 20 heavy (non-hydrogen) atoms. The van der Waals surface area contributed by atoms with Gasteiger partial charge in [0.1, 0.15) is 0 Å². The SMILES string of the molecule is O=C(O)C1CCCN(C(=O)c2cc(F)c(F)cc2I)C1. The summed E-state index contributed by atoms with van der Waals surface area (Å²) in [6.07, 6.45) is 1.11. The van der Waals surface area contributed by atoms with Crippen LogP contribution in [0.3, 0.4) is 0 Å². The van der Waals surface area contributed by atoms with Crippen LogP contribution in [0.25, 0.3) is 0 Å². The van der Waals surface area contributed by atoms with E-state index in [1.165, 1.54) is 4.90 Å². The Morgan fingerprint density at radius 2 is 1.95 bits per heavy atom. The van der Waals surface area contributed by atoms with Crippen molar-refractivity contribution >= 4 is 34.5 Å². The van der Waals surface area contributed by atoms with Crippen LogP contribution < -0.4 is 0 Å². The molecule has 4 nitrogen and oxygen atoms in total. The number of carboxylic acid groups (broad SMARTS) is 1. The van der Waals surface area contributed by atoms with Crippen molar-refractivity contribution in [1.29, 1.82) is 0 Å². The van der Waals surface area contributed by atoms with Crippen LogP contribution in [0.2, 0.25) is 0 Å². The van der Waals surface area contributed by atoms with Crippen molar-refractivity contribution in [3.8, 4) is 0 Å².